The van der Waals surface area contributed by atoms with Crippen molar-refractivity contribution in [3.63, 3.8) is 0 Å². The number of benzene rings is 1. The van der Waals surface area contributed by atoms with E-state index in [0.29, 0.717) is 16.5 Å². The van der Waals surface area contributed by atoms with Gasteiger partial charge in [-0.25, -0.2) is 0 Å². The molecule has 0 spiro atoms. The monoisotopic (exact) mass is 366 g/mol. The molecule has 0 aliphatic heterocycles. The standard InChI is InChI=1S/C16H24Cl2N2O.ClH/c1-12(14-9-8-13(17)11-15(14)18)20(2)16(21)7-5-3-4-6-10-19;/h8-9,11-12H,3-7,10,19H2,1-2H3;1H. The number of rotatable bonds is 8. The second-order valence-corrected chi connectivity index (χ2v) is 6.14. The van der Waals surface area contributed by atoms with E-state index in [-0.39, 0.29) is 24.4 Å². The summed E-state index contributed by atoms with van der Waals surface area (Å²) >= 11 is 12.1. The third-order valence-electron chi connectivity index (χ3n) is 3.73. The normalized spacial score (nSPS) is 11.7. The Balaban J connectivity index is 0.00000441. The largest absolute Gasteiger partial charge is 0.339 e. The molecule has 1 rings (SSSR count). The van der Waals surface area contributed by atoms with Crippen LogP contribution in [0.25, 0.3) is 0 Å². The number of hydrogen-bond acceptors (Lipinski definition) is 2. The van der Waals surface area contributed by atoms with Gasteiger partial charge in [0.25, 0.3) is 0 Å². The smallest absolute Gasteiger partial charge is 0.222 e. The molecule has 0 aromatic heterocycles. The van der Waals surface area contributed by atoms with Crippen LogP contribution in [0.4, 0.5) is 0 Å². The number of amides is 1. The maximum Gasteiger partial charge on any atom is 0.222 e. The van der Waals surface area contributed by atoms with Crippen LogP contribution in [0.3, 0.4) is 0 Å². The molecule has 0 saturated heterocycles. The summed E-state index contributed by atoms with van der Waals surface area (Å²) in [5.74, 6) is 0.140. The molecule has 1 atom stereocenters. The third kappa shape index (κ3) is 6.74. The fourth-order valence-electron chi connectivity index (χ4n) is 2.22. The molecular formula is C16H25Cl3N2O. The second kappa shape index (κ2) is 11.1. The number of unbranched alkanes of at least 4 members (excludes halogenated alkanes) is 3. The molecule has 6 heteroatoms. The third-order valence-corrected chi connectivity index (χ3v) is 4.29. The van der Waals surface area contributed by atoms with E-state index in [2.05, 4.69) is 0 Å². The SMILES string of the molecule is CC(c1ccc(Cl)cc1Cl)N(C)C(=O)CCCCCCN.Cl. The van der Waals surface area contributed by atoms with E-state index < -0.39 is 0 Å². The number of hydrogen-bond donors (Lipinski definition) is 1. The first-order chi connectivity index (χ1) is 9.97. The van der Waals surface area contributed by atoms with Crippen molar-refractivity contribution >= 4 is 41.5 Å². The van der Waals surface area contributed by atoms with Crippen LogP contribution in [-0.2, 0) is 4.79 Å². The molecule has 0 aliphatic rings. The minimum absolute atomic E-state index is 0. The van der Waals surface area contributed by atoms with E-state index in [1.165, 1.54) is 0 Å². The van der Waals surface area contributed by atoms with Crippen LogP contribution in [0, 0.1) is 0 Å². The molecule has 22 heavy (non-hydrogen) atoms. The van der Waals surface area contributed by atoms with Crippen molar-refractivity contribution in [3.05, 3.63) is 33.8 Å². The van der Waals surface area contributed by atoms with E-state index in [9.17, 15) is 4.79 Å². The predicted molar refractivity (Wildman–Crippen MR) is 97.0 cm³/mol. The molecule has 0 radical (unpaired) electrons. The van der Waals surface area contributed by atoms with E-state index in [1.807, 2.05) is 20.0 Å². The Hall–Kier alpha value is -0.480. The minimum atomic E-state index is -0.0636. The van der Waals surface area contributed by atoms with Gasteiger partial charge in [-0.05, 0) is 44.0 Å². The first-order valence-electron chi connectivity index (χ1n) is 7.38. The van der Waals surface area contributed by atoms with Gasteiger partial charge in [-0.3, -0.25) is 4.79 Å². The zero-order valence-corrected chi connectivity index (χ0v) is 15.5. The maximum absolute atomic E-state index is 12.2. The van der Waals surface area contributed by atoms with Gasteiger partial charge in [0.2, 0.25) is 5.91 Å². The summed E-state index contributed by atoms with van der Waals surface area (Å²) < 4.78 is 0. The quantitative estimate of drug-likeness (QED) is 0.668. The average molecular weight is 368 g/mol. The van der Waals surface area contributed by atoms with Crippen LogP contribution in [0.1, 0.15) is 50.6 Å². The first kappa shape index (κ1) is 21.5. The molecule has 0 fully saturated rings. The zero-order valence-electron chi connectivity index (χ0n) is 13.1. The number of carbonyl (C=O) groups is 1. The van der Waals surface area contributed by atoms with Gasteiger partial charge >= 0.3 is 0 Å². The van der Waals surface area contributed by atoms with Gasteiger partial charge in [-0.2, -0.15) is 0 Å². The van der Waals surface area contributed by atoms with Crippen LogP contribution < -0.4 is 5.73 Å². The summed E-state index contributed by atoms with van der Waals surface area (Å²) in [4.78, 5) is 13.9. The topological polar surface area (TPSA) is 46.3 Å². The van der Waals surface area contributed by atoms with Crippen LogP contribution in [-0.4, -0.2) is 24.4 Å². The number of nitrogens with zero attached hydrogens (tertiary/aromatic N) is 1. The molecule has 1 aromatic carbocycles. The van der Waals surface area contributed by atoms with Crippen molar-refractivity contribution in [2.75, 3.05) is 13.6 Å². The van der Waals surface area contributed by atoms with E-state index >= 15 is 0 Å². The molecule has 0 heterocycles. The fraction of sp³-hybridized carbons (Fsp3) is 0.562. The molecule has 0 bridgehead atoms. The van der Waals surface area contributed by atoms with Gasteiger partial charge in [0.1, 0.15) is 0 Å². The lowest BCUT2D eigenvalue weighted by molar-refractivity contribution is -0.131. The fourth-order valence-corrected chi connectivity index (χ4v) is 2.78. The molecule has 1 unspecified atom stereocenters. The van der Waals surface area contributed by atoms with Crippen LogP contribution in [0.2, 0.25) is 10.0 Å². The van der Waals surface area contributed by atoms with Crippen LogP contribution in [0.15, 0.2) is 18.2 Å². The second-order valence-electron chi connectivity index (χ2n) is 5.30. The minimum Gasteiger partial charge on any atom is -0.339 e. The highest BCUT2D eigenvalue weighted by Gasteiger charge is 2.19. The molecule has 2 N–H and O–H groups in total. The number of nitrogens with two attached hydrogens (primary N) is 1. The zero-order chi connectivity index (χ0) is 15.8. The van der Waals surface area contributed by atoms with Crippen LogP contribution in [0.5, 0.6) is 0 Å². The lowest BCUT2D eigenvalue weighted by Crippen LogP contribution is -2.29. The van der Waals surface area contributed by atoms with Gasteiger partial charge < -0.3 is 10.6 Å². The predicted octanol–water partition coefficient (Wildman–Crippen LogP) is 4.84. The van der Waals surface area contributed by atoms with Crippen molar-refractivity contribution in [3.8, 4) is 0 Å². The van der Waals surface area contributed by atoms with Gasteiger partial charge in [-0.15, -0.1) is 12.4 Å². The molecular weight excluding hydrogens is 343 g/mol. The van der Waals surface area contributed by atoms with Gasteiger partial charge in [0.15, 0.2) is 0 Å². The lowest BCUT2D eigenvalue weighted by atomic mass is 10.1. The van der Waals surface area contributed by atoms with Crippen molar-refractivity contribution < 1.29 is 4.79 Å². The lowest BCUT2D eigenvalue weighted by Gasteiger charge is -2.26. The molecule has 1 amide bonds. The summed E-state index contributed by atoms with van der Waals surface area (Å²) in [5.41, 5.74) is 6.37. The Morgan fingerprint density at radius 3 is 2.45 bits per heavy atom. The Morgan fingerprint density at radius 1 is 1.23 bits per heavy atom. The molecule has 1 aromatic rings. The Labute approximate surface area is 149 Å². The summed E-state index contributed by atoms with van der Waals surface area (Å²) in [7, 11) is 1.82. The Bertz CT molecular complexity index is 469. The van der Waals surface area contributed by atoms with Crippen molar-refractivity contribution in [1.82, 2.24) is 4.90 Å². The number of carbonyl (C=O) groups excluding carboxylic acids is 1. The Kier molecular flexibility index (Phi) is 10.9. The van der Waals surface area contributed by atoms with Gasteiger partial charge in [0, 0.05) is 23.5 Å². The first-order valence-corrected chi connectivity index (χ1v) is 8.13. The highest BCUT2D eigenvalue weighted by atomic mass is 35.5. The van der Waals surface area contributed by atoms with E-state index in [4.69, 9.17) is 28.9 Å². The van der Waals surface area contributed by atoms with Crippen molar-refractivity contribution in [2.45, 2.75) is 45.1 Å². The molecule has 0 saturated carbocycles. The van der Waals surface area contributed by atoms with Crippen molar-refractivity contribution in [1.29, 1.82) is 0 Å². The van der Waals surface area contributed by atoms with Gasteiger partial charge in [-0.1, -0.05) is 42.1 Å². The summed E-state index contributed by atoms with van der Waals surface area (Å²) in [5, 5.41) is 1.20. The van der Waals surface area contributed by atoms with Crippen LogP contribution >= 0.6 is 35.6 Å². The molecule has 0 aliphatic carbocycles. The molecule has 3 nitrogen and oxygen atoms in total. The summed E-state index contributed by atoms with van der Waals surface area (Å²) in [6.45, 7) is 2.70. The van der Waals surface area contributed by atoms with Gasteiger partial charge in [0.05, 0.1) is 6.04 Å². The number of halogens is 3. The van der Waals surface area contributed by atoms with E-state index in [1.54, 1.807) is 17.0 Å². The summed E-state index contributed by atoms with van der Waals surface area (Å²) in [6.07, 6.45) is 4.64. The maximum atomic E-state index is 12.2. The highest BCUT2D eigenvalue weighted by molar-refractivity contribution is 6.35. The average Bonchev–Trinajstić information content (AvgIpc) is 2.45. The summed E-state index contributed by atoms with van der Waals surface area (Å²) in [6, 6.07) is 5.32. The van der Waals surface area contributed by atoms with Crippen molar-refractivity contribution in [2.24, 2.45) is 5.73 Å². The van der Waals surface area contributed by atoms with E-state index in [0.717, 1.165) is 37.8 Å². The highest BCUT2D eigenvalue weighted by Crippen LogP contribution is 2.29. The molecule has 126 valence electrons. The Morgan fingerprint density at radius 2 is 1.86 bits per heavy atom.